The number of pyridine rings is 1. The lowest BCUT2D eigenvalue weighted by molar-refractivity contribution is -0.218. The predicted octanol–water partition coefficient (Wildman–Crippen LogP) is 4.15. The van der Waals surface area contributed by atoms with E-state index < -0.39 is 34.4 Å². The van der Waals surface area contributed by atoms with Crippen molar-refractivity contribution >= 4 is 34.1 Å². The minimum absolute atomic E-state index is 0.0278. The third-order valence-corrected chi connectivity index (χ3v) is 11.6. The Bertz CT molecular complexity index is 1770. The van der Waals surface area contributed by atoms with Crippen molar-refractivity contribution in [3.05, 3.63) is 46.0 Å². The Morgan fingerprint density at radius 3 is 2.74 bits per heavy atom. The monoisotopic (exact) mass is 670 g/mol. The van der Waals surface area contributed by atoms with Crippen LogP contribution in [-0.4, -0.2) is 89.2 Å². The van der Waals surface area contributed by atoms with Crippen molar-refractivity contribution in [2.45, 2.75) is 55.8 Å². The van der Waals surface area contributed by atoms with Crippen LogP contribution in [0.15, 0.2) is 34.8 Å². The molecule has 4 fully saturated rings. The molecule has 8 rings (SSSR count). The summed E-state index contributed by atoms with van der Waals surface area (Å²) in [5.41, 5.74) is 4.21. The number of alkyl halides is 3. The SMILES string of the molecule is CCC1CN(c2nc(OCC3(CN4CC5OC[C@@H]54)CC3)nc3c(C(F)(F)F)c(C4=CC=C(F)C5SC(N)=C(C#N)C45)ncc23)CCN1. The van der Waals surface area contributed by atoms with E-state index in [1.807, 2.05) is 11.0 Å². The van der Waals surface area contributed by atoms with Crippen LogP contribution in [-0.2, 0) is 10.9 Å². The number of likely N-dealkylation sites (tertiary alicyclic amines) is 1. The first-order valence-electron chi connectivity index (χ1n) is 16.0. The van der Waals surface area contributed by atoms with Crippen molar-refractivity contribution in [1.29, 1.82) is 5.26 Å². The second-order valence-electron chi connectivity index (χ2n) is 13.3. The van der Waals surface area contributed by atoms with Gasteiger partial charge in [0.1, 0.15) is 17.2 Å². The van der Waals surface area contributed by atoms with Gasteiger partial charge in [0, 0.05) is 56.3 Å². The molecule has 248 valence electrons. The second-order valence-corrected chi connectivity index (χ2v) is 14.5. The topological polar surface area (TPSA) is 125 Å². The smallest absolute Gasteiger partial charge is 0.420 e. The van der Waals surface area contributed by atoms with Crippen molar-refractivity contribution in [2.75, 3.05) is 50.8 Å². The third-order valence-electron chi connectivity index (χ3n) is 10.4. The van der Waals surface area contributed by atoms with E-state index >= 15 is 13.2 Å². The van der Waals surface area contributed by atoms with E-state index in [-0.39, 0.29) is 51.2 Å². The fraction of sp³-hybridized carbons (Fsp3) is 0.562. The van der Waals surface area contributed by atoms with Crippen LogP contribution in [0.2, 0.25) is 0 Å². The number of thioether (sulfide) groups is 1. The zero-order valence-electron chi connectivity index (χ0n) is 25.7. The molecule has 47 heavy (non-hydrogen) atoms. The molecule has 1 saturated carbocycles. The molecular weight excluding hydrogens is 636 g/mol. The van der Waals surface area contributed by atoms with Crippen molar-refractivity contribution in [3.63, 3.8) is 0 Å². The number of nitrogens with two attached hydrogens (primary N) is 1. The number of fused-ring (bicyclic) bond motifs is 3. The number of anilines is 1. The minimum atomic E-state index is -4.90. The zero-order valence-corrected chi connectivity index (χ0v) is 26.5. The fourth-order valence-electron chi connectivity index (χ4n) is 7.38. The Morgan fingerprint density at radius 1 is 1.26 bits per heavy atom. The molecule has 6 heterocycles. The summed E-state index contributed by atoms with van der Waals surface area (Å²) >= 11 is 0.933. The van der Waals surface area contributed by atoms with E-state index in [2.05, 4.69) is 27.1 Å². The largest absolute Gasteiger partial charge is 0.463 e. The van der Waals surface area contributed by atoms with E-state index in [0.717, 1.165) is 56.8 Å². The molecule has 5 atom stereocenters. The van der Waals surface area contributed by atoms with E-state index in [0.29, 0.717) is 37.6 Å². The average Bonchev–Trinajstić information content (AvgIpc) is 3.73. The summed E-state index contributed by atoms with van der Waals surface area (Å²) in [6.45, 7) is 6.51. The lowest BCUT2D eigenvalue weighted by Crippen LogP contribution is -2.71. The Morgan fingerprint density at radius 2 is 2.09 bits per heavy atom. The molecule has 6 aliphatic rings. The van der Waals surface area contributed by atoms with Crippen LogP contribution in [0.1, 0.15) is 37.4 Å². The van der Waals surface area contributed by atoms with Gasteiger partial charge in [0.05, 0.1) is 63.9 Å². The number of piperazine rings is 1. The molecule has 0 amide bonds. The van der Waals surface area contributed by atoms with Gasteiger partial charge in [0.25, 0.3) is 0 Å². The number of halogens is 4. The Hall–Kier alpha value is -3.45. The van der Waals surface area contributed by atoms with Gasteiger partial charge in [0.2, 0.25) is 0 Å². The fourth-order valence-corrected chi connectivity index (χ4v) is 8.56. The summed E-state index contributed by atoms with van der Waals surface area (Å²) < 4.78 is 72.5. The molecule has 2 aromatic heterocycles. The molecule has 0 spiro atoms. The molecule has 2 aromatic rings. The van der Waals surface area contributed by atoms with Crippen molar-refractivity contribution in [2.24, 2.45) is 17.1 Å². The number of hydrogen-bond donors (Lipinski definition) is 2. The van der Waals surface area contributed by atoms with Gasteiger partial charge < -0.3 is 25.4 Å². The Kier molecular flexibility index (Phi) is 7.43. The van der Waals surface area contributed by atoms with Crippen LogP contribution in [0.25, 0.3) is 16.5 Å². The number of nitrogens with zero attached hydrogens (tertiary/aromatic N) is 6. The molecule has 3 saturated heterocycles. The van der Waals surface area contributed by atoms with Gasteiger partial charge in [0.15, 0.2) is 0 Å². The molecule has 0 radical (unpaired) electrons. The molecule has 2 aliphatic carbocycles. The van der Waals surface area contributed by atoms with Crippen LogP contribution in [0.3, 0.4) is 0 Å². The minimum Gasteiger partial charge on any atom is -0.463 e. The van der Waals surface area contributed by atoms with Crippen LogP contribution >= 0.6 is 11.8 Å². The van der Waals surface area contributed by atoms with Gasteiger partial charge in [-0.05, 0) is 30.9 Å². The number of hydrogen-bond acceptors (Lipinski definition) is 11. The number of nitrogens with one attached hydrogen (secondary N) is 1. The van der Waals surface area contributed by atoms with Crippen molar-refractivity contribution < 1.29 is 27.0 Å². The standard InChI is InChI=1S/C32H34F4N8O2S/c1-2-16-11-43(8-7-39-16)29-19-10-40-25(17-3-4-20(33)27-23(17)18(9-37)28(38)47-27)24(32(34,35)36)26(19)41-30(42-29)46-15-31(5-6-31)14-44-12-22-21(44)13-45-22/h3-4,10,16,21-23,27,39H,2,5-8,11-15,38H2,1H3/t16?,21-,22?,23?,27?/m0/s1. The molecular formula is C32H34F4N8O2S. The predicted molar refractivity (Wildman–Crippen MR) is 168 cm³/mol. The first kappa shape index (κ1) is 30.9. The quantitative estimate of drug-likeness (QED) is 0.394. The number of allylic oxidation sites excluding steroid dienone is 4. The van der Waals surface area contributed by atoms with Crippen molar-refractivity contribution in [1.82, 2.24) is 25.2 Å². The molecule has 0 aromatic carbocycles. The number of morpholine rings is 1. The maximum atomic E-state index is 15.3. The average molecular weight is 671 g/mol. The summed E-state index contributed by atoms with van der Waals surface area (Å²) in [4.78, 5) is 17.9. The second kappa shape index (κ2) is 11.3. The highest BCUT2D eigenvalue weighted by atomic mass is 32.2. The molecule has 4 unspecified atom stereocenters. The molecule has 3 N–H and O–H groups in total. The Labute approximate surface area is 273 Å². The van der Waals surface area contributed by atoms with E-state index in [1.54, 1.807) is 0 Å². The van der Waals surface area contributed by atoms with Gasteiger partial charge in [-0.25, -0.2) is 4.39 Å². The normalized spacial score (nSPS) is 29.7. The van der Waals surface area contributed by atoms with Gasteiger partial charge in [-0.15, -0.1) is 0 Å². The van der Waals surface area contributed by atoms with Gasteiger partial charge in [-0.1, -0.05) is 24.8 Å². The van der Waals surface area contributed by atoms with E-state index in [1.165, 1.54) is 12.3 Å². The van der Waals surface area contributed by atoms with Gasteiger partial charge in [-0.2, -0.15) is 28.4 Å². The maximum Gasteiger partial charge on any atom is 0.420 e. The first-order valence-corrected chi connectivity index (χ1v) is 16.9. The summed E-state index contributed by atoms with van der Waals surface area (Å²) in [6, 6.07) is 2.44. The summed E-state index contributed by atoms with van der Waals surface area (Å²) in [6.07, 6.45) is 1.91. The number of nitriles is 1. The summed E-state index contributed by atoms with van der Waals surface area (Å²) in [5.74, 6) is -1.26. The number of aromatic nitrogens is 3. The van der Waals surface area contributed by atoms with Gasteiger partial charge >= 0.3 is 12.2 Å². The van der Waals surface area contributed by atoms with E-state index in [4.69, 9.17) is 20.2 Å². The van der Waals surface area contributed by atoms with Gasteiger partial charge in [-0.3, -0.25) is 9.88 Å². The van der Waals surface area contributed by atoms with E-state index in [9.17, 15) is 9.65 Å². The molecule has 0 bridgehead atoms. The number of rotatable bonds is 8. The van der Waals surface area contributed by atoms with Crippen LogP contribution < -0.4 is 20.7 Å². The molecule has 4 aliphatic heterocycles. The highest BCUT2D eigenvalue weighted by Crippen LogP contribution is 2.53. The highest BCUT2D eigenvalue weighted by Gasteiger charge is 2.53. The molecule has 15 heteroatoms. The summed E-state index contributed by atoms with van der Waals surface area (Å²) in [5, 5.41) is 12.6. The highest BCUT2D eigenvalue weighted by molar-refractivity contribution is 8.04. The van der Waals surface area contributed by atoms with Crippen LogP contribution in [0, 0.1) is 22.7 Å². The van der Waals surface area contributed by atoms with Crippen LogP contribution in [0.4, 0.5) is 23.4 Å². The Balaban J connectivity index is 1.22. The van der Waals surface area contributed by atoms with Crippen molar-refractivity contribution in [3.8, 4) is 12.1 Å². The molecule has 10 nitrogen and oxygen atoms in total. The lowest BCUT2D eigenvalue weighted by atomic mass is 9.82. The lowest BCUT2D eigenvalue weighted by Gasteiger charge is -2.55. The first-order chi connectivity index (χ1) is 22.6. The third kappa shape index (κ3) is 5.24. The zero-order chi connectivity index (χ0) is 32.7. The number of ether oxygens (including phenoxy) is 2. The maximum absolute atomic E-state index is 15.3. The van der Waals surface area contributed by atoms with Crippen LogP contribution in [0.5, 0.6) is 6.01 Å². The summed E-state index contributed by atoms with van der Waals surface area (Å²) in [7, 11) is 0.